The van der Waals surface area contributed by atoms with Crippen LogP contribution in [-0.2, 0) is 6.54 Å². The standard InChI is InChI=1S/C18H26N2OS/c1-12(2)19-7-5-15(6-8-19)11-20-18(21)17-14(4)9-13(3)10-16(17)22-20/h9-10,12,15H,5-8,11H2,1-4H3. The minimum Gasteiger partial charge on any atom is -0.301 e. The van der Waals surface area contributed by atoms with Crippen molar-refractivity contribution in [3.05, 3.63) is 33.6 Å². The monoisotopic (exact) mass is 318 g/mol. The fraction of sp³-hybridized carbons (Fsp3) is 0.611. The number of aryl methyl sites for hydroxylation is 2. The zero-order chi connectivity index (χ0) is 15.9. The summed E-state index contributed by atoms with van der Waals surface area (Å²) in [6, 6.07) is 4.90. The SMILES string of the molecule is Cc1cc(C)c2c(=O)n(CC3CCN(C(C)C)CC3)sc2c1. The molecule has 0 N–H and O–H groups in total. The molecule has 0 amide bonds. The summed E-state index contributed by atoms with van der Waals surface area (Å²) in [7, 11) is 0. The van der Waals surface area contributed by atoms with Gasteiger partial charge in [-0.15, -0.1) is 0 Å². The summed E-state index contributed by atoms with van der Waals surface area (Å²) in [5.74, 6) is 0.641. The van der Waals surface area contributed by atoms with Crippen LogP contribution in [0.15, 0.2) is 16.9 Å². The van der Waals surface area contributed by atoms with E-state index in [0.717, 1.165) is 22.2 Å². The molecule has 120 valence electrons. The molecule has 1 saturated heterocycles. The van der Waals surface area contributed by atoms with Crippen molar-refractivity contribution in [2.24, 2.45) is 5.92 Å². The molecule has 0 spiro atoms. The summed E-state index contributed by atoms with van der Waals surface area (Å²) >= 11 is 1.64. The molecule has 0 radical (unpaired) electrons. The topological polar surface area (TPSA) is 25.2 Å². The van der Waals surface area contributed by atoms with E-state index < -0.39 is 0 Å². The Morgan fingerprint density at radius 1 is 1.23 bits per heavy atom. The van der Waals surface area contributed by atoms with Crippen molar-refractivity contribution in [3.63, 3.8) is 0 Å². The molecule has 4 heteroatoms. The van der Waals surface area contributed by atoms with Crippen molar-refractivity contribution in [1.29, 1.82) is 0 Å². The number of fused-ring (bicyclic) bond motifs is 1. The lowest BCUT2D eigenvalue weighted by molar-refractivity contribution is 0.143. The lowest BCUT2D eigenvalue weighted by Crippen LogP contribution is -2.39. The fourth-order valence-corrected chi connectivity index (χ4v) is 4.84. The van der Waals surface area contributed by atoms with Crippen LogP contribution < -0.4 is 5.56 Å². The first kappa shape index (κ1) is 15.8. The Bertz CT molecular complexity index is 720. The maximum Gasteiger partial charge on any atom is 0.268 e. The highest BCUT2D eigenvalue weighted by atomic mass is 32.1. The van der Waals surface area contributed by atoms with E-state index in [4.69, 9.17) is 0 Å². The largest absolute Gasteiger partial charge is 0.301 e. The first-order valence-electron chi connectivity index (χ1n) is 8.31. The van der Waals surface area contributed by atoms with Crippen LogP contribution in [0.25, 0.3) is 10.1 Å². The third-order valence-corrected chi connectivity index (χ3v) is 5.95. The smallest absolute Gasteiger partial charge is 0.268 e. The Hall–Kier alpha value is -1.13. The molecule has 3 nitrogen and oxygen atoms in total. The van der Waals surface area contributed by atoms with E-state index in [1.807, 2.05) is 3.96 Å². The zero-order valence-electron chi connectivity index (χ0n) is 14.1. The van der Waals surface area contributed by atoms with E-state index >= 15 is 0 Å². The number of rotatable bonds is 3. The summed E-state index contributed by atoms with van der Waals surface area (Å²) in [5, 5.41) is 0.926. The number of aromatic nitrogens is 1. The number of likely N-dealkylation sites (tertiary alicyclic amines) is 1. The molecule has 0 saturated carbocycles. The molecule has 0 bridgehead atoms. The van der Waals surface area contributed by atoms with Crippen molar-refractivity contribution in [1.82, 2.24) is 8.86 Å². The molecule has 3 rings (SSSR count). The summed E-state index contributed by atoms with van der Waals surface area (Å²) < 4.78 is 3.13. The normalized spacial score (nSPS) is 17.7. The van der Waals surface area contributed by atoms with Crippen LogP contribution in [0.3, 0.4) is 0 Å². The molecule has 1 aliphatic rings. The zero-order valence-corrected chi connectivity index (χ0v) is 14.9. The first-order valence-corrected chi connectivity index (χ1v) is 9.08. The summed E-state index contributed by atoms with van der Waals surface area (Å²) in [4.78, 5) is 15.2. The van der Waals surface area contributed by atoms with Crippen LogP contribution >= 0.6 is 11.5 Å². The van der Waals surface area contributed by atoms with Crippen LogP contribution in [0.1, 0.15) is 37.8 Å². The summed E-state index contributed by atoms with van der Waals surface area (Å²) in [6.07, 6.45) is 2.41. The first-order chi connectivity index (χ1) is 10.5. The lowest BCUT2D eigenvalue weighted by atomic mass is 9.96. The third kappa shape index (κ3) is 2.99. The predicted octanol–water partition coefficient (Wildman–Crippen LogP) is 3.80. The molecule has 22 heavy (non-hydrogen) atoms. The maximum absolute atomic E-state index is 12.7. The van der Waals surface area contributed by atoms with Gasteiger partial charge in [0.25, 0.3) is 5.56 Å². The van der Waals surface area contributed by atoms with Crippen molar-refractivity contribution in [2.75, 3.05) is 13.1 Å². The molecule has 2 aromatic rings. The molecule has 2 heterocycles. The van der Waals surface area contributed by atoms with Crippen LogP contribution in [0.2, 0.25) is 0 Å². The van der Waals surface area contributed by atoms with Crippen molar-refractivity contribution in [2.45, 2.75) is 53.1 Å². The highest BCUT2D eigenvalue weighted by molar-refractivity contribution is 7.13. The van der Waals surface area contributed by atoms with Gasteiger partial charge in [-0.1, -0.05) is 17.6 Å². The quantitative estimate of drug-likeness (QED) is 0.860. The number of hydrogen-bond donors (Lipinski definition) is 0. The highest BCUT2D eigenvalue weighted by Gasteiger charge is 2.22. The van der Waals surface area contributed by atoms with Gasteiger partial charge >= 0.3 is 0 Å². The highest BCUT2D eigenvalue weighted by Crippen LogP contribution is 2.25. The minimum atomic E-state index is 0.212. The molecular weight excluding hydrogens is 292 g/mol. The number of nitrogens with zero attached hydrogens (tertiary/aromatic N) is 2. The Morgan fingerprint density at radius 3 is 2.55 bits per heavy atom. The van der Waals surface area contributed by atoms with Gasteiger partial charge in [-0.05, 0) is 76.7 Å². The van der Waals surface area contributed by atoms with Gasteiger partial charge in [-0.2, -0.15) is 0 Å². The Morgan fingerprint density at radius 2 is 1.91 bits per heavy atom. The van der Waals surface area contributed by atoms with Crippen LogP contribution in [0, 0.1) is 19.8 Å². The van der Waals surface area contributed by atoms with Gasteiger partial charge in [-0.3, -0.25) is 8.75 Å². The predicted molar refractivity (Wildman–Crippen MR) is 95.0 cm³/mol. The third-order valence-electron chi connectivity index (χ3n) is 4.90. The van der Waals surface area contributed by atoms with E-state index in [9.17, 15) is 4.79 Å². The van der Waals surface area contributed by atoms with Crippen molar-refractivity contribution >= 4 is 21.6 Å². The molecule has 1 aromatic carbocycles. The average molecular weight is 318 g/mol. The molecule has 0 unspecified atom stereocenters. The van der Waals surface area contributed by atoms with E-state index in [1.54, 1.807) is 11.5 Å². The van der Waals surface area contributed by atoms with E-state index in [2.05, 4.69) is 44.7 Å². The van der Waals surface area contributed by atoms with Gasteiger partial charge in [0.15, 0.2) is 0 Å². The van der Waals surface area contributed by atoms with E-state index in [1.165, 1.54) is 31.5 Å². The number of piperidine rings is 1. The van der Waals surface area contributed by atoms with E-state index in [-0.39, 0.29) is 5.56 Å². The summed E-state index contributed by atoms with van der Waals surface area (Å²) in [5.41, 5.74) is 2.57. The second-order valence-electron chi connectivity index (χ2n) is 6.99. The average Bonchev–Trinajstić information content (AvgIpc) is 2.75. The number of hydrogen-bond acceptors (Lipinski definition) is 3. The molecule has 1 fully saturated rings. The minimum absolute atomic E-state index is 0.212. The summed E-state index contributed by atoms with van der Waals surface area (Å²) in [6.45, 7) is 11.9. The molecule has 1 aromatic heterocycles. The van der Waals surface area contributed by atoms with Crippen LogP contribution in [0.5, 0.6) is 0 Å². The van der Waals surface area contributed by atoms with Gasteiger partial charge in [0.1, 0.15) is 0 Å². The maximum atomic E-state index is 12.7. The molecule has 0 atom stereocenters. The van der Waals surface area contributed by atoms with Crippen LogP contribution in [0.4, 0.5) is 0 Å². The van der Waals surface area contributed by atoms with Crippen LogP contribution in [-0.4, -0.2) is 28.0 Å². The van der Waals surface area contributed by atoms with Gasteiger partial charge < -0.3 is 4.90 Å². The Balaban J connectivity index is 1.79. The lowest BCUT2D eigenvalue weighted by Gasteiger charge is -2.34. The van der Waals surface area contributed by atoms with Crippen molar-refractivity contribution < 1.29 is 0 Å². The number of benzene rings is 1. The van der Waals surface area contributed by atoms with Gasteiger partial charge in [0.2, 0.25) is 0 Å². The van der Waals surface area contributed by atoms with Gasteiger partial charge in [0, 0.05) is 12.6 Å². The van der Waals surface area contributed by atoms with Gasteiger partial charge in [-0.25, -0.2) is 0 Å². The Kier molecular flexibility index (Phi) is 4.42. The second kappa shape index (κ2) is 6.17. The van der Waals surface area contributed by atoms with Crippen molar-refractivity contribution in [3.8, 4) is 0 Å². The van der Waals surface area contributed by atoms with E-state index in [0.29, 0.717) is 12.0 Å². The fourth-order valence-electron chi connectivity index (χ4n) is 3.57. The van der Waals surface area contributed by atoms with Gasteiger partial charge in [0.05, 0.1) is 10.1 Å². The molecule has 0 aliphatic carbocycles. The Labute approximate surface area is 136 Å². The second-order valence-corrected chi connectivity index (χ2v) is 8.05. The molecular formula is C18H26N2OS. The molecule has 1 aliphatic heterocycles.